The van der Waals surface area contributed by atoms with Gasteiger partial charge < -0.3 is 15.1 Å². The van der Waals surface area contributed by atoms with Gasteiger partial charge in [0.25, 0.3) is 0 Å². The molecular formula is C16H17N3O. The molecule has 3 rings (SSSR count). The predicted octanol–water partition coefficient (Wildman–Crippen LogP) is 2.92. The van der Waals surface area contributed by atoms with Crippen LogP contribution in [0.2, 0.25) is 0 Å². The Balaban J connectivity index is 2.00. The molecule has 3 aromatic rings. The highest BCUT2D eigenvalue weighted by Crippen LogP contribution is 2.23. The molecule has 0 aliphatic heterocycles. The van der Waals surface area contributed by atoms with Crippen molar-refractivity contribution >= 4 is 16.7 Å². The molecule has 0 bridgehead atoms. The first-order valence-corrected chi connectivity index (χ1v) is 6.59. The van der Waals surface area contributed by atoms with Crippen LogP contribution in [-0.2, 0) is 13.1 Å². The normalized spacial score (nSPS) is 10.9. The summed E-state index contributed by atoms with van der Waals surface area (Å²) in [7, 11) is 2.02. The van der Waals surface area contributed by atoms with Crippen LogP contribution in [0.3, 0.4) is 0 Å². The van der Waals surface area contributed by atoms with E-state index in [1.165, 1.54) is 0 Å². The summed E-state index contributed by atoms with van der Waals surface area (Å²) in [4.78, 5) is 6.84. The number of rotatable bonds is 4. The number of hydrogen-bond donors (Lipinski definition) is 1. The van der Waals surface area contributed by atoms with Crippen molar-refractivity contribution < 1.29 is 4.42 Å². The van der Waals surface area contributed by atoms with E-state index in [1.807, 2.05) is 31.3 Å². The average molecular weight is 267 g/mol. The van der Waals surface area contributed by atoms with E-state index in [-0.39, 0.29) is 0 Å². The molecule has 4 nitrogen and oxygen atoms in total. The lowest BCUT2D eigenvalue weighted by molar-refractivity contribution is 0.563. The molecule has 2 N–H and O–H groups in total. The third-order valence-electron chi connectivity index (χ3n) is 3.36. The van der Waals surface area contributed by atoms with Crippen LogP contribution in [-0.4, -0.2) is 12.0 Å². The third kappa shape index (κ3) is 2.38. The van der Waals surface area contributed by atoms with Crippen molar-refractivity contribution in [3.63, 3.8) is 0 Å². The summed E-state index contributed by atoms with van der Waals surface area (Å²) in [5, 5.41) is 1.12. The summed E-state index contributed by atoms with van der Waals surface area (Å²) in [6, 6.07) is 12.2. The van der Waals surface area contributed by atoms with Crippen LogP contribution in [0.1, 0.15) is 11.1 Å². The Bertz CT molecular complexity index is 707. The number of para-hydroxylation sites is 1. The highest BCUT2D eigenvalue weighted by Gasteiger charge is 2.11. The van der Waals surface area contributed by atoms with Crippen molar-refractivity contribution in [1.82, 2.24) is 4.98 Å². The molecule has 4 heteroatoms. The van der Waals surface area contributed by atoms with Gasteiger partial charge in [-0.2, -0.15) is 0 Å². The first-order valence-electron chi connectivity index (χ1n) is 6.59. The molecule has 1 aromatic carbocycles. The second-order valence-corrected chi connectivity index (χ2v) is 4.86. The van der Waals surface area contributed by atoms with Gasteiger partial charge in [-0.25, -0.2) is 4.98 Å². The molecular weight excluding hydrogens is 250 g/mol. The van der Waals surface area contributed by atoms with E-state index in [9.17, 15) is 0 Å². The molecule has 0 aliphatic carbocycles. The SMILES string of the molecule is CN(Cc1ccoc1)c1nc2ccccc2cc1CN. The van der Waals surface area contributed by atoms with Gasteiger partial charge >= 0.3 is 0 Å². The predicted molar refractivity (Wildman–Crippen MR) is 80.4 cm³/mol. The maximum atomic E-state index is 5.87. The van der Waals surface area contributed by atoms with Crippen molar-refractivity contribution in [1.29, 1.82) is 0 Å². The van der Waals surface area contributed by atoms with Gasteiger partial charge in [0.05, 0.1) is 18.0 Å². The minimum atomic E-state index is 0.475. The minimum Gasteiger partial charge on any atom is -0.472 e. The smallest absolute Gasteiger partial charge is 0.133 e. The molecule has 0 aliphatic rings. The van der Waals surface area contributed by atoms with Crippen LogP contribution in [0.25, 0.3) is 10.9 Å². The number of furan rings is 1. The standard InChI is InChI=1S/C16H17N3O/c1-19(10-12-6-7-20-11-12)16-14(9-17)8-13-4-2-3-5-15(13)18-16/h2-8,11H,9-10,17H2,1H3. The number of pyridine rings is 1. The summed E-state index contributed by atoms with van der Waals surface area (Å²) < 4.78 is 5.11. The zero-order valence-electron chi connectivity index (χ0n) is 11.4. The number of anilines is 1. The number of nitrogens with zero attached hydrogens (tertiary/aromatic N) is 2. The number of fused-ring (bicyclic) bond motifs is 1. The van der Waals surface area contributed by atoms with Crippen molar-refractivity contribution in [2.45, 2.75) is 13.1 Å². The summed E-state index contributed by atoms with van der Waals surface area (Å²) in [6.45, 7) is 1.22. The molecule has 0 amide bonds. The Morgan fingerprint density at radius 3 is 2.85 bits per heavy atom. The van der Waals surface area contributed by atoms with Gasteiger partial charge in [-0.1, -0.05) is 18.2 Å². The minimum absolute atomic E-state index is 0.475. The largest absolute Gasteiger partial charge is 0.472 e. The van der Waals surface area contributed by atoms with E-state index in [0.717, 1.165) is 34.4 Å². The first-order chi connectivity index (χ1) is 9.78. The quantitative estimate of drug-likeness (QED) is 0.789. The van der Waals surface area contributed by atoms with E-state index in [1.54, 1.807) is 12.5 Å². The number of hydrogen-bond acceptors (Lipinski definition) is 4. The maximum Gasteiger partial charge on any atom is 0.133 e. The zero-order valence-corrected chi connectivity index (χ0v) is 11.4. The fraction of sp³-hybridized carbons (Fsp3) is 0.188. The molecule has 0 saturated heterocycles. The van der Waals surface area contributed by atoms with E-state index < -0.39 is 0 Å². The van der Waals surface area contributed by atoms with E-state index >= 15 is 0 Å². The van der Waals surface area contributed by atoms with Gasteiger partial charge in [-0.05, 0) is 18.2 Å². The second kappa shape index (κ2) is 5.35. The number of benzene rings is 1. The fourth-order valence-electron chi connectivity index (χ4n) is 2.36. The van der Waals surface area contributed by atoms with Crippen LogP contribution in [0, 0.1) is 0 Å². The lowest BCUT2D eigenvalue weighted by Gasteiger charge is -2.21. The van der Waals surface area contributed by atoms with Crippen LogP contribution in [0.4, 0.5) is 5.82 Å². The number of nitrogens with two attached hydrogens (primary N) is 1. The van der Waals surface area contributed by atoms with Gasteiger partial charge in [-0.15, -0.1) is 0 Å². The molecule has 0 spiro atoms. The highest BCUT2D eigenvalue weighted by atomic mass is 16.3. The van der Waals surface area contributed by atoms with E-state index in [4.69, 9.17) is 15.1 Å². The molecule has 0 radical (unpaired) electrons. The van der Waals surface area contributed by atoms with Gasteiger partial charge in [0.15, 0.2) is 0 Å². The Labute approximate surface area is 117 Å². The summed E-state index contributed by atoms with van der Waals surface area (Å²) in [5.74, 6) is 0.924. The van der Waals surface area contributed by atoms with Gasteiger partial charge in [0, 0.05) is 36.7 Å². The van der Waals surface area contributed by atoms with Crippen molar-refractivity contribution in [3.8, 4) is 0 Å². The highest BCUT2D eigenvalue weighted by molar-refractivity contribution is 5.81. The summed E-state index contributed by atoms with van der Waals surface area (Å²) in [6.07, 6.45) is 3.43. The molecule has 0 fully saturated rings. The van der Waals surface area contributed by atoms with Crippen LogP contribution >= 0.6 is 0 Å². The second-order valence-electron chi connectivity index (χ2n) is 4.86. The number of aromatic nitrogens is 1. The molecule has 102 valence electrons. The molecule has 0 saturated carbocycles. The fourth-order valence-corrected chi connectivity index (χ4v) is 2.36. The monoisotopic (exact) mass is 267 g/mol. The van der Waals surface area contributed by atoms with Crippen molar-refractivity contribution in [3.05, 3.63) is 60.1 Å². The Hall–Kier alpha value is -2.33. The first kappa shape index (κ1) is 12.7. The van der Waals surface area contributed by atoms with Crippen LogP contribution in [0.5, 0.6) is 0 Å². The lowest BCUT2D eigenvalue weighted by Crippen LogP contribution is -2.20. The molecule has 20 heavy (non-hydrogen) atoms. The Morgan fingerprint density at radius 1 is 1.25 bits per heavy atom. The van der Waals surface area contributed by atoms with Crippen LogP contribution in [0.15, 0.2) is 53.3 Å². The van der Waals surface area contributed by atoms with Crippen LogP contribution < -0.4 is 10.6 Å². The summed E-state index contributed by atoms with van der Waals surface area (Å²) >= 11 is 0. The molecule has 2 aromatic heterocycles. The maximum absolute atomic E-state index is 5.87. The third-order valence-corrected chi connectivity index (χ3v) is 3.36. The zero-order chi connectivity index (χ0) is 13.9. The summed E-state index contributed by atoms with van der Waals surface area (Å²) in [5.41, 5.74) is 9.02. The van der Waals surface area contributed by atoms with Crippen molar-refractivity contribution in [2.24, 2.45) is 5.73 Å². The Morgan fingerprint density at radius 2 is 2.10 bits per heavy atom. The molecule has 2 heterocycles. The Kier molecular flexibility index (Phi) is 3.39. The average Bonchev–Trinajstić information content (AvgIpc) is 2.98. The lowest BCUT2D eigenvalue weighted by atomic mass is 10.1. The van der Waals surface area contributed by atoms with E-state index in [0.29, 0.717) is 6.54 Å². The topological polar surface area (TPSA) is 55.3 Å². The molecule has 0 unspecified atom stereocenters. The van der Waals surface area contributed by atoms with Crippen molar-refractivity contribution in [2.75, 3.05) is 11.9 Å². The van der Waals surface area contributed by atoms with Gasteiger partial charge in [-0.3, -0.25) is 0 Å². The van der Waals surface area contributed by atoms with Gasteiger partial charge in [0.1, 0.15) is 5.82 Å². The van der Waals surface area contributed by atoms with E-state index in [2.05, 4.69) is 17.0 Å². The van der Waals surface area contributed by atoms with Gasteiger partial charge in [0.2, 0.25) is 0 Å². The molecule has 0 atom stereocenters.